The lowest BCUT2D eigenvalue weighted by molar-refractivity contribution is 0.00343. The third-order valence-electron chi connectivity index (χ3n) is 4.34. The minimum Gasteiger partial charge on any atom is -0.496 e. The fourth-order valence-corrected chi connectivity index (χ4v) is 3.07. The lowest BCUT2D eigenvalue weighted by Crippen LogP contribution is -2.57. The molecule has 25 heavy (non-hydrogen) atoms. The number of hydrogen-bond acceptors (Lipinski definition) is 5. The summed E-state index contributed by atoms with van der Waals surface area (Å²) in [5.41, 5.74) is 7.85. The van der Waals surface area contributed by atoms with Gasteiger partial charge in [-0.15, -0.1) is 0 Å². The van der Waals surface area contributed by atoms with E-state index >= 15 is 0 Å². The van der Waals surface area contributed by atoms with Crippen molar-refractivity contribution in [3.8, 4) is 5.75 Å². The quantitative estimate of drug-likeness (QED) is 0.904. The molecule has 1 fully saturated rings. The summed E-state index contributed by atoms with van der Waals surface area (Å²) < 4.78 is 11.0. The van der Waals surface area contributed by atoms with E-state index in [0.29, 0.717) is 19.6 Å². The van der Waals surface area contributed by atoms with Gasteiger partial charge in [0.2, 0.25) is 0 Å². The molecule has 0 spiro atoms. The first kappa shape index (κ1) is 19.5. The highest BCUT2D eigenvalue weighted by Gasteiger charge is 2.31. The molecule has 2 rings (SSSR count). The van der Waals surface area contributed by atoms with Gasteiger partial charge in [-0.1, -0.05) is 17.7 Å². The topological polar surface area (TPSA) is 68.0 Å². The van der Waals surface area contributed by atoms with Gasteiger partial charge in [-0.05, 0) is 33.8 Å². The van der Waals surface area contributed by atoms with Gasteiger partial charge in [0, 0.05) is 44.3 Å². The molecule has 1 atom stereocenters. The van der Waals surface area contributed by atoms with E-state index in [1.54, 1.807) is 12.0 Å². The molecule has 2 N–H and O–H groups in total. The number of nitrogens with two attached hydrogens (primary N) is 1. The molecule has 0 aliphatic carbocycles. The number of amides is 1. The van der Waals surface area contributed by atoms with Crippen LogP contribution in [0.2, 0.25) is 0 Å². The lowest BCUT2D eigenvalue weighted by Gasteiger charge is -2.41. The second-order valence-corrected chi connectivity index (χ2v) is 7.60. The zero-order valence-electron chi connectivity index (χ0n) is 16.0. The molecule has 6 nitrogen and oxygen atoms in total. The first-order valence-electron chi connectivity index (χ1n) is 8.79. The van der Waals surface area contributed by atoms with Crippen molar-refractivity contribution in [2.45, 2.75) is 45.9 Å². The Labute approximate surface area is 150 Å². The van der Waals surface area contributed by atoms with E-state index in [-0.39, 0.29) is 12.1 Å². The van der Waals surface area contributed by atoms with E-state index in [9.17, 15) is 4.79 Å². The maximum atomic E-state index is 12.3. The molecule has 0 radical (unpaired) electrons. The van der Waals surface area contributed by atoms with Crippen LogP contribution in [0.5, 0.6) is 5.75 Å². The number of ether oxygens (including phenoxy) is 2. The van der Waals surface area contributed by atoms with Gasteiger partial charge in [-0.3, -0.25) is 4.90 Å². The Kier molecular flexibility index (Phi) is 6.30. The van der Waals surface area contributed by atoms with Gasteiger partial charge in [-0.25, -0.2) is 4.79 Å². The van der Waals surface area contributed by atoms with Crippen molar-refractivity contribution in [1.29, 1.82) is 0 Å². The van der Waals surface area contributed by atoms with E-state index in [1.807, 2.05) is 32.9 Å². The molecule has 1 amide bonds. The minimum atomic E-state index is -0.485. The van der Waals surface area contributed by atoms with Gasteiger partial charge in [0.05, 0.1) is 7.11 Å². The summed E-state index contributed by atoms with van der Waals surface area (Å²) in [7, 11) is 1.69. The van der Waals surface area contributed by atoms with Crippen LogP contribution in [0, 0.1) is 6.92 Å². The van der Waals surface area contributed by atoms with E-state index in [0.717, 1.165) is 24.4 Å². The fourth-order valence-electron chi connectivity index (χ4n) is 3.07. The van der Waals surface area contributed by atoms with Gasteiger partial charge in [0.25, 0.3) is 0 Å². The van der Waals surface area contributed by atoms with Crippen LogP contribution in [0.3, 0.4) is 0 Å². The third-order valence-corrected chi connectivity index (χ3v) is 4.34. The van der Waals surface area contributed by atoms with Crippen molar-refractivity contribution in [3.05, 3.63) is 29.3 Å². The van der Waals surface area contributed by atoms with Crippen LogP contribution in [0.25, 0.3) is 0 Å². The number of aryl methyl sites for hydroxylation is 1. The summed E-state index contributed by atoms with van der Waals surface area (Å²) in [5.74, 6) is 0.885. The first-order valence-corrected chi connectivity index (χ1v) is 8.79. The predicted molar refractivity (Wildman–Crippen MR) is 98.8 cm³/mol. The fraction of sp³-hybridized carbons (Fsp3) is 0.632. The Balaban J connectivity index is 2.05. The Morgan fingerprint density at radius 2 is 2.04 bits per heavy atom. The number of benzene rings is 1. The van der Waals surface area contributed by atoms with Crippen LogP contribution in [0.4, 0.5) is 4.79 Å². The van der Waals surface area contributed by atoms with Crippen molar-refractivity contribution >= 4 is 6.09 Å². The number of nitrogens with zero attached hydrogens (tertiary/aromatic N) is 2. The van der Waals surface area contributed by atoms with E-state index < -0.39 is 5.60 Å². The largest absolute Gasteiger partial charge is 0.496 e. The molecular formula is C19H31N3O3. The minimum absolute atomic E-state index is 0.103. The number of piperazine rings is 1. The van der Waals surface area contributed by atoms with Crippen LogP contribution in [-0.4, -0.2) is 60.8 Å². The highest BCUT2D eigenvalue weighted by Crippen LogP contribution is 2.24. The van der Waals surface area contributed by atoms with E-state index in [1.165, 1.54) is 5.56 Å². The van der Waals surface area contributed by atoms with Gasteiger partial charge in [0.1, 0.15) is 11.4 Å². The van der Waals surface area contributed by atoms with E-state index in [4.69, 9.17) is 15.2 Å². The first-order chi connectivity index (χ1) is 11.7. The lowest BCUT2D eigenvalue weighted by atomic mass is 10.1. The van der Waals surface area contributed by atoms with Crippen LogP contribution >= 0.6 is 0 Å². The predicted octanol–water partition coefficient (Wildman–Crippen LogP) is 2.38. The molecule has 0 saturated carbocycles. The smallest absolute Gasteiger partial charge is 0.410 e. The van der Waals surface area contributed by atoms with Gasteiger partial charge < -0.3 is 20.1 Å². The molecule has 1 heterocycles. The maximum absolute atomic E-state index is 12.3. The molecule has 0 bridgehead atoms. The number of hydrogen-bond donors (Lipinski definition) is 1. The number of rotatable bonds is 4. The van der Waals surface area contributed by atoms with E-state index in [2.05, 4.69) is 17.9 Å². The normalized spacial score (nSPS) is 19.0. The summed E-state index contributed by atoms with van der Waals surface area (Å²) >= 11 is 0. The van der Waals surface area contributed by atoms with Crippen molar-refractivity contribution in [1.82, 2.24) is 9.80 Å². The monoisotopic (exact) mass is 349 g/mol. The second kappa shape index (κ2) is 8.06. The number of carbonyl (C=O) groups is 1. The van der Waals surface area contributed by atoms with Crippen molar-refractivity contribution < 1.29 is 14.3 Å². The molecule has 1 saturated heterocycles. The van der Waals surface area contributed by atoms with Crippen LogP contribution in [-0.2, 0) is 11.3 Å². The zero-order chi connectivity index (χ0) is 18.6. The standard InChI is InChI=1S/C19H31N3O3/c1-14-6-7-17(24-5)15(10-14)12-21-8-9-22(13-16(21)11-20)18(23)25-19(2,3)4/h6-7,10,16H,8-9,11-13,20H2,1-5H3. The molecular weight excluding hydrogens is 318 g/mol. The van der Waals surface area contributed by atoms with Crippen LogP contribution in [0.1, 0.15) is 31.9 Å². The summed E-state index contributed by atoms with van der Waals surface area (Å²) in [6.45, 7) is 11.0. The van der Waals surface area contributed by atoms with Crippen molar-refractivity contribution in [2.75, 3.05) is 33.3 Å². The summed E-state index contributed by atoms with van der Waals surface area (Å²) in [6, 6.07) is 6.29. The Morgan fingerprint density at radius 3 is 2.64 bits per heavy atom. The molecule has 1 aliphatic heterocycles. The average Bonchev–Trinajstić information content (AvgIpc) is 2.53. The van der Waals surface area contributed by atoms with Crippen LogP contribution < -0.4 is 10.5 Å². The second-order valence-electron chi connectivity index (χ2n) is 7.60. The number of carbonyl (C=O) groups excluding carboxylic acids is 1. The Hall–Kier alpha value is -1.79. The molecule has 6 heteroatoms. The average molecular weight is 349 g/mol. The molecule has 1 aromatic carbocycles. The zero-order valence-corrected chi connectivity index (χ0v) is 16.0. The van der Waals surface area contributed by atoms with Gasteiger partial charge in [-0.2, -0.15) is 0 Å². The van der Waals surface area contributed by atoms with Gasteiger partial charge in [0.15, 0.2) is 0 Å². The molecule has 1 unspecified atom stereocenters. The van der Waals surface area contributed by atoms with Crippen molar-refractivity contribution in [3.63, 3.8) is 0 Å². The molecule has 1 aromatic rings. The summed E-state index contributed by atoms with van der Waals surface area (Å²) in [6.07, 6.45) is -0.265. The molecule has 140 valence electrons. The third kappa shape index (κ3) is 5.34. The SMILES string of the molecule is COc1ccc(C)cc1CN1CCN(C(=O)OC(C)(C)C)CC1CN. The summed E-state index contributed by atoms with van der Waals surface area (Å²) in [5, 5.41) is 0. The highest BCUT2D eigenvalue weighted by molar-refractivity contribution is 5.68. The molecule has 1 aliphatic rings. The number of methoxy groups -OCH3 is 1. The maximum Gasteiger partial charge on any atom is 0.410 e. The summed E-state index contributed by atoms with van der Waals surface area (Å²) in [4.78, 5) is 16.4. The van der Waals surface area contributed by atoms with Crippen LogP contribution in [0.15, 0.2) is 18.2 Å². The van der Waals surface area contributed by atoms with Crippen molar-refractivity contribution in [2.24, 2.45) is 5.73 Å². The Morgan fingerprint density at radius 1 is 1.32 bits per heavy atom. The highest BCUT2D eigenvalue weighted by atomic mass is 16.6. The van der Waals surface area contributed by atoms with Gasteiger partial charge >= 0.3 is 6.09 Å². The Bertz CT molecular complexity index is 598. The molecule has 0 aromatic heterocycles.